The van der Waals surface area contributed by atoms with E-state index >= 15 is 0 Å². The first-order chi connectivity index (χ1) is 15.5. The van der Waals surface area contributed by atoms with Gasteiger partial charge in [0.05, 0.1) is 0 Å². The lowest BCUT2D eigenvalue weighted by molar-refractivity contribution is -0.159. The Morgan fingerprint density at radius 2 is 1.28 bits per heavy atom. The van der Waals surface area contributed by atoms with Crippen LogP contribution in [0.5, 0.6) is 5.75 Å². The standard InChI is InChI=1S/C24H25NO.C2H2O4/c25-18-7-8-20-13-15-23(16-14-20)26-19-17-24(21-9-3-1-4-10-21)22-11-5-2-6-12-22;3-1(4)2(5)6/h1-6,9-17H,7-8,18-19,25H2;(H,3,4)(H,5,6). The Hall–Kier alpha value is -3.90. The molecule has 0 saturated carbocycles. The first kappa shape index (κ1) is 24.4. The van der Waals surface area contributed by atoms with E-state index in [0.717, 1.165) is 25.1 Å². The molecule has 0 saturated heterocycles. The molecule has 3 aromatic carbocycles. The van der Waals surface area contributed by atoms with Gasteiger partial charge in [-0.15, -0.1) is 0 Å². The first-order valence-electron chi connectivity index (χ1n) is 10.2. The number of carboxylic acids is 2. The second kappa shape index (κ2) is 13.4. The van der Waals surface area contributed by atoms with E-state index in [1.165, 1.54) is 22.3 Å². The molecule has 0 fully saturated rings. The van der Waals surface area contributed by atoms with E-state index < -0.39 is 11.9 Å². The van der Waals surface area contributed by atoms with Crippen LogP contribution in [0, 0.1) is 0 Å². The molecule has 0 aliphatic carbocycles. The van der Waals surface area contributed by atoms with E-state index in [2.05, 4.69) is 66.7 Å². The van der Waals surface area contributed by atoms with Gasteiger partial charge in [0.2, 0.25) is 0 Å². The van der Waals surface area contributed by atoms with Crippen molar-refractivity contribution in [2.24, 2.45) is 5.73 Å². The van der Waals surface area contributed by atoms with Crippen molar-refractivity contribution in [3.05, 3.63) is 108 Å². The lowest BCUT2D eigenvalue weighted by atomic mass is 9.98. The van der Waals surface area contributed by atoms with Crippen LogP contribution < -0.4 is 10.5 Å². The van der Waals surface area contributed by atoms with Crippen molar-refractivity contribution in [2.75, 3.05) is 13.2 Å². The Morgan fingerprint density at radius 3 is 1.72 bits per heavy atom. The fourth-order valence-electron chi connectivity index (χ4n) is 2.92. The van der Waals surface area contributed by atoms with Gasteiger partial charge in [0.1, 0.15) is 12.4 Å². The summed E-state index contributed by atoms with van der Waals surface area (Å²) in [7, 11) is 0. The zero-order chi connectivity index (χ0) is 23.2. The Balaban J connectivity index is 0.000000534. The Morgan fingerprint density at radius 1 is 0.781 bits per heavy atom. The van der Waals surface area contributed by atoms with Crippen molar-refractivity contribution in [3.63, 3.8) is 0 Å². The number of aliphatic carboxylic acids is 2. The molecule has 0 heterocycles. The number of hydrogen-bond acceptors (Lipinski definition) is 4. The number of hydrogen-bond donors (Lipinski definition) is 3. The summed E-state index contributed by atoms with van der Waals surface area (Å²) in [4.78, 5) is 18.2. The van der Waals surface area contributed by atoms with Gasteiger partial charge in [-0.05, 0) is 59.9 Å². The van der Waals surface area contributed by atoms with Crippen LogP contribution in [0.4, 0.5) is 0 Å². The molecule has 0 aliphatic rings. The highest BCUT2D eigenvalue weighted by Crippen LogP contribution is 2.23. The van der Waals surface area contributed by atoms with Gasteiger partial charge in [0.25, 0.3) is 0 Å². The molecule has 0 bridgehead atoms. The zero-order valence-corrected chi connectivity index (χ0v) is 17.7. The summed E-state index contributed by atoms with van der Waals surface area (Å²) in [5.74, 6) is -2.76. The van der Waals surface area contributed by atoms with Crippen LogP contribution >= 0.6 is 0 Å². The predicted octanol–water partition coefficient (Wildman–Crippen LogP) is 4.24. The highest BCUT2D eigenvalue weighted by molar-refractivity contribution is 6.27. The van der Waals surface area contributed by atoms with Crippen LogP contribution in [0.1, 0.15) is 23.1 Å². The number of carbonyl (C=O) groups is 2. The third-order valence-corrected chi connectivity index (χ3v) is 4.48. The van der Waals surface area contributed by atoms with Crippen LogP contribution in [-0.2, 0) is 16.0 Å². The SMILES string of the molecule is NCCCc1ccc(OCC=C(c2ccccc2)c2ccccc2)cc1.O=C(O)C(=O)O. The largest absolute Gasteiger partial charge is 0.490 e. The fraction of sp³-hybridized carbons (Fsp3) is 0.154. The topological polar surface area (TPSA) is 110 Å². The maximum Gasteiger partial charge on any atom is 0.414 e. The number of rotatable bonds is 8. The summed E-state index contributed by atoms with van der Waals surface area (Å²) in [6.45, 7) is 1.26. The van der Waals surface area contributed by atoms with Gasteiger partial charge >= 0.3 is 11.9 Å². The molecule has 3 rings (SSSR count). The number of carboxylic acid groups (broad SMARTS) is 2. The molecule has 0 radical (unpaired) electrons. The zero-order valence-electron chi connectivity index (χ0n) is 17.7. The van der Waals surface area contributed by atoms with Crippen LogP contribution in [0.15, 0.2) is 91.0 Å². The molecule has 0 atom stereocenters. The summed E-state index contributed by atoms with van der Waals surface area (Å²) in [6.07, 6.45) is 4.18. The molecule has 0 amide bonds. The lowest BCUT2D eigenvalue weighted by Crippen LogP contribution is -2.09. The van der Waals surface area contributed by atoms with Crippen molar-refractivity contribution in [1.82, 2.24) is 0 Å². The van der Waals surface area contributed by atoms with Gasteiger partial charge < -0.3 is 20.7 Å². The molecule has 0 spiro atoms. The van der Waals surface area contributed by atoms with Crippen LogP contribution in [0.25, 0.3) is 5.57 Å². The second-order valence-corrected chi connectivity index (χ2v) is 6.81. The van der Waals surface area contributed by atoms with E-state index in [1.54, 1.807) is 0 Å². The Kier molecular flexibility index (Phi) is 10.2. The number of benzene rings is 3. The maximum absolute atomic E-state index is 9.10. The van der Waals surface area contributed by atoms with Crippen LogP contribution in [0.2, 0.25) is 0 Å². The molecule has 4 N–H and O–H groups in total. The van der Waals surface area contributed by atoms with Gasteiger partial charge in [-0.1, -0.05) is 72.8 Å². The van der Waals surface area contributed by atoms with Crippen molar-refractivity contribution >= 4 is 17.5 Å². The van der Waals surface area contributed by atoms with Crippen molar-refractivity contribution in [2.45, 2.75) is 12.8 Å². The Bertz CT molecular complexity index is 946. The van der Waals surface area contributed by atoms with Crippen molar-refractivity contribution < 1.29 is 24.5 Å². The van der Waals surface area contributed by atoms with E-state index in [0.29, 0.717) is 6.61 Å². The normalized spacial score (nSPS) is 9.78. The van der Waals surface area contributed by atoms with Gasteiger partial charge in [-0.25, -0.2) is 9.59 Å². The average molecular weight is 434 g/mol. The van der Waals surface area contributed by atoms with E-state index in [9.17, 15) is 0 Å². The molecular weight excluding hydrogens is 406 g/mol. The fourth-order valence-corrected chi connectivity index (χ4v) is 2.92. The number of aryl methyl sites for hydroxylation is 1. The summed E-state index contributed by atoms with van der Waals surface area (Å²) in [5, 5.41) is 14.8. The third-order valence-electron chi connectivity index (χ3n) is 4.48. The first-order valence-corrected chi connectivity index (χ1v) is 10.2. The monoisotopic (exact) mass is 433 g/mol. The number of ether oxygens (including phenoxy) is 1. The van der Waals surface area contributed by atoms with Gasteiger partial charge in [-0.3, -0.25) is 0 Å². The second-order valence-electron chi connectivity index (χ2n) is 6.81. The minimum absolute atomic E-state index is 0.529. The van der Waals surface area contributed by atoms with E-state index in [-0.39, 0.29) is 0 Å². The summed E-state index contributed by atoms with van der Waals surface area (Å²) in [6, 6.07) is 29.1. The molecule has 6 heteroatoms. The lowest BCUT2D eigenvalue weighted by Gasteiger charge is -2.10. The maximum atomic E-state index is 9.10. The van der Waals surface area contributed by atoms with E-state index in [1.807, 2.05) is 24.3 Å². The van der Waals surface area contributed by atoms with Crippen LogP contribution in [0.3, 0.4) is 0 Å². The van der Waals surface area contributed by atoms with Crippen molar-refractivity contribution in [3.8, 4) is 5.75 Å². The average Bonchev–Trinajstić information content (AvgIpc) is 2.83. The predicted molar refractivity (Wildman–Crippen MR) is 125 cm³/mol. The molecule has 0 unspecified atom stereocenters. The molecule has 32 heavy (non-hydrogen) atoms. The molecule has 6 nitrogen and oxygen atoms in total. The highest BCUT2D eigenvalue weighted by atomic mass is 16.5. The van der Waals surface area contributed by atoms with Crippen LogP contribution in [-0.4, -0.2) is 35.3 Å². The van der Waals surface area contributed by atoms with Gasteiger partial charge in [0.15, 0.2) is 0 Å². The molecule has 0 aromatic heterocycles. The number of nitrogens with two attached hydrogens (primary N) is 1. The molecular formula is C26H27NO5. The van der Waals surface area contributed by atoms with Gasteiger partial charge in [-0.2, -0.15) is 0 Å². The minimum Gasteiger partial charge on any atom is -0.490 e. The molecule has 166 valence electrons. The molecule has 3 aromatic rings. The summed E-state index contributed by atoms with van der Waals surface area (Å²) >= 11 is 0. The summed E-state index contributed by atoms with van der Waals surface area (Å²) in [5.41, 5.74) is 10.4. The minimum atomic E-state index is -1.82. The molecule has 0 aliphatic heterocycles. The van der Waals surface area contributed by atoms with Gasteiger partial charge in [0, 0.05) is 0 Å². The van der Waals surface area contributed by atoms with E-state index in [4.69, 9.17) is 30.3 Å². The Labute approximate surface area is 187 Å². The quantitative estimate of drug-likeness (QED) is 0.458. The highest BCUT2D eigenvalue weighted by Gasteiger charge is 2.05. The van der Waals surface area contributed by atoms with Crippen molar-refractivity contribution in [1.29, 1.82) is 0 Å². The third kappa shape index (κ3) is 8.45. The summed E-state index contributed by atoms with van der Waals surface area (Å²) < 4.78 is 5.94. The smallest absolute Gasteiger partial charge is 0.414 e.